The number of guanidine groups is 1. The second kappa shape index (κ2) is 14.1. The third-order valence-corrected chi connectivity index (χ3v) is 5.34. The van der Waals surface area contributed by atoms with E-state index in [4.69, 9.17) is 9.47 Å². The number of nitrogens with one attached hydrogen (secondary N) is 2. The molecule has 2 rings (SSSR count). The summed E-state index contributed by atoms with van der Waals surface area (Å²) in [6, 6.07) is 8.84. The standard InChI is InChI=1S/C23H40N4O2.HI/c1-23(2,3)19-8-6-9-21(18-19)29-17-12-25-22(24-4)26-20-10-14-27(15-11-20)13-7-16-28-5;/h6,8-9,18,20H,7,10-17H2,1-5H3,(H2,24,25,26);1H. The van der Waals surface area contributed by atoms with Crippen molar-refractivity contribution < 1.29 is 9.47 Å². The van der Waals surface area contributed by atoms with Crippen molar-refractivity contribution in [2.75, 3.05) is 53.6 Å². The zero-order valence-electron chi connectivity index (χ0n) is 19.4. The SMILES string of the molecule is CN=C(NCCOc1cccc(C(C)(C)C)c1)NC1CCN(CCCOC)CC1.I. The lowest BCUT2D eigenvalue weighted by Crippen LogP contribution is -2.49. The number of rotatable bonds is 9. The summed E-state index contributed by atoms with van der Waals surface area (Å²) in [6.45, 7) is 12.2. The number of benzene rings is 1. The van der Waals surface area contributed by atoms with Gasteiger partial charge >= 0.3 is 0 Å². The number of halogens is 1. The summed E-state index contributed by atoms with van der Waals surface area (Å²) in [7, 11) is 3.59. The van der Waals surface area contributed by atoms with Crippen LogP contribution in [-0.4, -0.2) is 70.5 Å². The van der Waals surface area contributed by atoms with E-state index in [9.17, 15) is 0 Å². The summed E-state index contributed by atoms with van der Waals surface area (Å²) in [4.78, 5) is 6.88. The largest absolute Gasteiger partial charge is 0.492 e. The number of likely N-dealkylation sites (tertiary alicyclic amines) is 1. The van der Waals surface area contributed by atoms with Crippen molar-refractivity contribution >= 4 is 29.9 Å². The van der Waals surface area contributed by atoms with Gasteiger partial charge in [0.2, 0.25) is 0 Å². The van der Waals surface area contributed by atoms with Crippen molar-refractivity contribution in [2.45, 2.75) is 51.5 Å². The molecule has 1 aromatic carbocycles. The van der Waals surface area contributed by atoms with E-state index in [0.717, 1.165) is 63.8 Å². The summed E-state index contributed by atoms with van der Waals surface area (Å²) in [5.74, 6) is 1.78. The summed E-state index contributed by atoms with van der Waals surface area (Å²) in [5.41, 5.74) is 1.41. The fourth-order valence-electron chi connectivity index (χ4n) is 3.51. The second-order valence-corrected chi connectivity index (χ2v) is 8.73. The van der Waals surface area contributed by atoms with Gasteiger partial charge in [0, 0.05) is 46.4 Å². The Morgan fingerprint density at radius 1 is 1.20 bits per heavy atom. The van der Waals surface area contributed by atoms with Crippen molar-refractivity contribution in [1.82, 2.24) is 15.5 Å². The van der Waals surface area contributed by atoms with Crippen LogP contribution in [0.1, 0.15) is 45.6 Å². The minimum Gasteiger partial charge on any atom is -0.492 e. The van der Waals surface area contributed by atoms with E-state index in [-0.39, 0.29) is 29.4 Å². The molecule has 6 nitrogen and oxygen atoms in total. The molecular weight excluding hydrogens is 491 g/mol. The van der Waals surface area contributed by atoms with Crippen LogP contribution in [0.25, 0.3) is 0 Å². The Balaban J connectivity index is 0.00000450. The fourth-order valence-corrected chi connectivity index (χ4v) is 3.51. The second-order valence-electron chi connectivity index (χ2n) is 8.73. The summed E-state index contributed by atoms with van der Waals surface area (Å²) in [6.07, 6.45) is 3.39. The van der Waals surface area contributed by atoms with Crippen LogP contribution in [0.3, 0.4) is 0 Å². The van der Waals surface area contributed by atoms with E-state index in [1.165, 1.54) is 5.56 Å². The molecule has 0 radical (unpaired) electrons. The molecule has 0 amide bonds. The van der Waals surface area contributed by atoms with Gasteiger partial charge in [-0.2, -0.15) is 0 Å². The molecule has 0 aliphatic carbocycles. The van der Waals surface area contributed by atoms with Crippen LogP contribution in [-0.2, 0) is 10.2 Å². The Bertz CT molecular complexity index is 626. The lowest BCUT2D eigenvalue weighted by Gasteiger charge is -2.33. The molecule has 2 N–H and O–H groups in total. The average Bonchev–Trinajstić information content (AvgIpc) is 2.71. The topological polar surface area (TPSA) is 58.1 Å². The highest BCUT2D eigenvalue weighted by Gasteiger charge is 2.19. The normalized spacial score (nSPS) is 16.1. The highest BCUT2D eigenvalue weighted by molar-refractivity contribution is 14.0. The van der Waals surface area contributed by atoms with Crippen molar-refractivity contribution in [2.24, 2.45) is 4.99 Å². The third-order valence-electron chi connectivity index (χ3n) is 5.34. The molecule has 172 valence electrons. The number of hydrogen-bond donors (Lipinski definition) is 2. The van der Waals surface area contributed by atoms with Crippen molar-refractivity contribution in [3.63, 3.8) is 0 Å². The molecule has 1 heterocycles. The quantitative estimate of drug-likeness (QED) is 0.220. The van der Waals surface area contributed by atoms with E-state index in [0.29, 0.717) is 12.6 Å². The van der Waals surface area contributed by atoms with Gasteiger partial charge in [-0.3, -0.25) is 4.99 Å². The maximum Gasteiger partial charge on any atom is 0.191 e. The minimum atomic E-state index is 0. The van der Waals surface area contributed by atoms with Crippen LogP contribution in [0.2, 0.25) is 0 Å². The van der Waals surface area contributed by atoms with Gasteiger partial charge in [-0.1, -0.05) is 32.9 Å². The van der Waals surface area contributed by atoms with Crippen molar-refractivity contribution in [1.29, 1.82) is 0 Å². The van der Waals surface area contributed by atoms with Crippen LogP contribution in [0.15, 0.2) is 29.3 Å². The number of aliphatic imine (C=N–C) groups is 1. The first-order valence-electron chi connectivity index (χ1n) is 10.8. The van der Waals surface area contributed by atoms with Gasteiger partial charge in [0.25, 0.3) is 0 Å². The van der Waals surface area contributed by atoms with E-state index < -0.39 is 0 Å². The van der Waals surface area contributed by atoms with Gasteiger partial charge < -0.3 is 25.0 Å². The van der Waals surface area contributed by atoms with Gasteiger partial charge in [0.05, 0.1) is 6.54 Å². The lowest BCUT2D eigenvalue weighted by atomic mass is 9.87. The van der Waals surface area contributed by atoms with Crippen LogP contribution < -0.4 is 15.4 Å². The maximum atomic E-state index is 5.93. The van der Waals surface area contributed by atoms with E-state index in [1.807, 2.05) is 13.1 Å². The van der Waals surface area contributed by atoms with Crippen molar-refractivity contribution in [3.05, 3.63) is 29.8 Å². The lowest BCUT2D eigenvalue weighted by molar-refractivity contribution is 0.155. The molecule has 1 aromatic rings. The summed E-state index contributed by atoms with van der Waals surface area (Å²) >= 11 is 0. The molecule has 0 saturated carbocycles. The Kier molecular flexibility index (Phi) is 12.7. The number of ether oxygens (including phenoxy) is 2. The molecule has 1 fully saturated rings. The van der Waals surface area contributed by atoms with Gasteiger partial charge in [-0.05, 0) is 42.4 Å². The first-order valence-corrected chi connectivity index (χ1v) is 10.8. The van der Waals surface area contributed by atoms with Crippen LogP contribution >= 0.6 is 24.0 Å². The Hall–Kier alpha value is -1.06. The number of hydrogen-bond acceptors (Lipinski definition) is 4. The number of piperidine rings is 1. The van der Waals surface area contributed by atoms with E-state index in [1.54, 1.807) is 7.11 Å². The van der Waals surface area contributed by atoms with E-state index in [2.05, 4.69) is 59.5 Å². The van der Waals surface area contributed by atoms with Gasteiger partial charge in [-0.15, -0.1) is 24.0 Å². The molecule has 1 aliphatic rings. The molecule has 1 saturated heterocycles. The Morgan fingerprint density at radius 2 is 1.93 bits per heavy atom. The van der Waals surface area contributed by atoms with Gasteiger partial charge in [0.1, 0.15) is 12.4 Å². The number of methoxy groups -OCH3 is 1. The first kappa shape index (κ1) is 27.0. The predicted octanol–water partition coefficient (Wildman–Crippen LogP) is 3.65. The Labute approximate surface area is 200 Å². The monoisotopic (exact) mass is 532 g/mol. The highest BCUT2D eigenvalue weighted by atomic mass is 127. The molecular formula is C23H41IN4O2. The van der Waals surface area contributed by atoms with Gasteiger partial charge in [-0.25, -0.2) is 0 Å². The zero-order chi connectivity index (χ0) is 21.1. The van der Waals surface area contributed by atoms with Crippen LogP contribution in [0.4, 0.5) is 0 Å². The number of nitrogens with zero attached hydrogens (tertiary/aromatic N) is 2. The molecule has 1 aliphatic heterocycles. The molecule has 30 heavy (non-hydrogen) atoms. The molecule has 7 heteroatoms. The third kappa shape index (κ3) is 9.83. The van der Waals surface area contributed by atoms with Crippen LogP contribution in [0, 0.1) is 0 Å². The van der Waals surface area contributed by atoms with Crippen molar-refractivity contribution in [3.8, 4) is 5.75 Å². The first-order chi connectivity index (χ1) is 13.9. The molecule has 0 spiro atoms. The fraction of sp³-hybridized carbons (Fsp3) is 0.696. The minimum absolute atomic E-state index is 0. The molecule has 0 aromatic heterocycles. The smallest absolute Gasteiger partial charge is 0.191 e. The van der Waals surface area contributed by atoms with E-state index >= 15 is 0 Å². The van der Waals surface area contributed by atoms with Gasteiger partial charge in [0.15, 0.2) is 5.96 Å². The maximum absolute atomic E-state index is 5.93. The zero-order valence-corrected chi connectivity index (χ0v) is 21.7. The summed E-state index contributed by atoms with van der Waals surface area (Å²) in [5, 5.41) is 6.92. The van der Waals surface area contributed by atoms with Crippen LogP contribution in [0.5, 0.6) is 5.75 Å². The Morgan fingerprint density at radius 3 is 2.57 bits per heavy atom. The molecule has 0 bridgehead atoms. The average molecular weight is 533 g/mol. The molecule has 0 unspecified atom stereocenters. The highest BCUT2D eigenvalue weighted by Crippen LogP contribution is 2.25. The predicted molar refractivity (Wildman–Crippen MR) is 137 cm³/mol. The summed E-state index contributed by atoms with van der Waals surface area (Å²) < 4.78 is 11.1. The molecule has 0 atom stereocenters.